The molecule has 0 aliphatic carbocycles. The quantitative estimate of drug-likeness (QED) is 0.626. The Hall–Kier alpha value is -0.580. The standard InChI is InChI=1S/C11H18BrNO3/c12-10(14)4-2-1-3-9-5-7-13(8-6-9)11(15)16/h9H,1-8H2,(H,15,16). The molecule has 0 aromatic rings. The molecule has 1 N–H and O–H groups in total. The first-order valence-electron chi connectivity index (χ1n) is 5.76. The maximum Gasteiger partial charge on any atom is 0.407 e. The maximum atomic E-state index is 10.7. The van der Waals surface area contributed by atoms with Gasteiger partial charge in [0, 0.05) is 19.5 Å². The third-order valence-electron chi connectivity index (χ3n) is 3.12. The molecule has 0 saturated carbocycles. The summed E-state index contributed by atoms with van der Waals surface area (Å²) in [6.07, 6.45) is 4.85. The van der Waals surface area contributed by atoms with Crippen molar-refractivity contribution in [1.82, 2.24) is 4.90 Å². The SMILES string of the molecule is O=C(Br)CCCCC1CCN(C(=O)O)CC1. The molecule has 16 heavy (non-hydrogen) atoms. The lowest BCUT2D eigenvalue weighted by Crippen LogP contribution is -2.37. The summed E-state index contributed by atoms with van der Waals surface area (Å²) in [5.74, 6) is 0.640. The first kappa shape index (κ1) is 13.5. The van der Waals surface area contributed by atoms with Crippen LogP contribution in [0.4, 0.5) is 4.79 Å². The highest BCUT2D eigenvalue weighted by atomic mass is 79.9. The van der Waals surface area contributed by atoms with Gasteiger partial charge in [-0.3, -0.25) is 4.79 Å². The molecule has 0 spiro atoms. The van der Waals surface area contributed by atoms with Gasteiger partial charge in [-0.2, -0.15) is 0 Å². The van der Waals surface area contributed by atoms with Crippen molar-refractivity contribution < 1.29 is 14.7 Å². The van der Waals surface area contributed by atoms with E-state index in [2.05, 4.69) is 15.9 Å². The lowest BCUT2D eigenvalue weighted by Gasteiger charge is -2.29. The smallest absolute Gasteiger partial charge is 0.407 e. The van der Waals surface area contributed by atoms with Crippen LogP contribution in [-0.2, 0) is 4.79 Å². The Morgan fingerprint density at radius 1 is 1.25 bits per heavy atom. The Morgan fingerprint density at radius 2 is 1.88 bits per heavy atom. The minimum absolute atomic E-state index is 0.0770. The molecule has 0 bridgehead atoms. The highest BCUT2D eigenvalue weighted by Gasteiger charge is 2.21. The molecular formula is C11H18BrNO3. The van der Waals surface area contributed by atoms with E-state index < -0.39 is 6.09 Å². The molecule has 92 valence electrons. The van der Waals surface area contributed by atoms with Crippen LogP contribution in [0.2, 0.25) is 0 Å². The predicted octanol–water partition coefficient (Wildman–Crippen LogP) is 2.86. The van der Waals surface area contributed by atoms with Gasteiger partial charge in [0.05, 0.1) is 0 Å². The van der Waals surface area contributed by atoms with Gasteiger partial charge in [0.2, 0.25) is 0 Å². The fourth-order valence-corrected chi connectivity index (χ4v) is 2.39. The molecule has 5 heteroatoms. The minimum Gasteiger partial charge on any atom is -0.465 e. The molecule has 1 heterocycles. The van der Waals surface area contributed by atoms with Crippen molar-refractivity contribution in [3.63, 3.8) is 0 Å². The van der Waals surface area contributed by atoms with Gasteiger partial charge in [-0.15, -0.1) is 0 Å². The van der Waals surface area contributed by atoms with Crippen LogP contribution in [0.1, 0.15) is 38.5 Å². The highest BCUT2D eigenvalue weighted by Crippen LogP contribution is 2.23. The second kappa shape index (κ2) is 6.89. The van der Waals surface area contributed by atoms with Gasteiger partial charge in [0.1, 0.15) is 0 Å². The van der Waals surface area contributed by atoms with Crippen molar-refractivity contribution in [3.8, 4) is 0 Å². The van der Waals surface area contributed by atoms with Crippen LogP contribution < -0.4 is 0 Å². The van der Waals surface area contributed by atoms with Gasteiger partial charge in [0.25, 0.3) is 0 Å². The molecule has 1 amide bonds. The lowest BCUT2D eigenvalue weighted by molar-refractivity contribution is -0.110. The molecule has 0 radical (unpaired) electrons. The van der Waals surface area contributed by atoms with Gasteiger partial charge in [-0.25, -0.2) is 4.79 Å². The third-order valence-corrected chi connectivity index (χ3v) is 3.52. The Labute approximate surface area is 104 Å². The molecule has 0 atom stereocenters. The molecule has 4 nitrogen and oxygen atoms in total. The largest absolute Gasteiger partial charge is 0.465 e. The van der Waals surface area contributed by atoms with Crippen LogP contribution in [0.15, 0.2) is 0 Å². The number of carbonyl (C=O) groups excluding carboxylic acids is 1. The number of amides is 1. The third kappa shape index (κ3) is 4.96. The maximum absolute atomic E-state index is 10.7. The van der Waals surface area contributed by atoms with E-state index >= 15 is 0 Å². The van der Waals surface area contributed by atoms with Crippen LogP contribution in [0, 0.1) is 5.92 Å². The average Bonchev–Trinajstić information content (AvgIpc) is 2.25. The molecule has 1 aliphatic rings. The molecule has 1 saturated heterocycles. The molecule has 1 fully saturated rings. The summed E-state index contributed by atoms with van der Waals surface area (Å²) in [6.45, 7) is 1.33. The van der Waals surface area contributed by atoms with Crippen LogP contribution in [-0.4, -0.2) is 33.9 Å². The fraction of sp³-hybridized carbons (Fsp3) is 0.818. The van der Waals surface area contributed by atoms with Gasteiger partial charge < -0.3 is 10.0 Å². The summed E-state index contributed by atoms with van der Waals surface area (Å²) >= 11 is 2.91. The number of unbranched alkanes of at least 4 members (excludes halogenated alkanes) is 1. The second-order valence-electron chi connectivity index (χ2n) is 4.31. The predicted molar refractivity (Wildman–Crippen MR) is 64.7 cm³/mol. The molecule has 0 unspecified atom stereocenters. The number of rotatable bonds is 5. The monoisotopic (exact) mass is 291 g/mol. The summed E-state index contributed by atoms with van der Waals surface area (Å²) in [5.41, 5.74) is 0. The molecule has 0 aromatic carbocycles. The molecule has 0 aromatic heterocycles. The van der Waals surface area contributed by atoms with Gasteiger partial charge in [-0.1, -0.05) is 12.8 Å². The Balaban J connectivity index is 2.08. The van der Waals surface area contributed by atoms with Crippen molar-refractivity contribution in [2.24, 2.45) is 5.92 Å². The fourth-order valence-electron chi connectivity index (χ4n) is 2.11. The summed E-state index contributed by atoms with van der Waals surface area (Å²) in [6, 6.07) is 0. The van der Waals surface area contributed by atoms with Gasteiger partial charge in [0.15, 0.2) is 4.69 Å². The van der Waals surface area contributed by atoms with E-state index in [0.29, 0.717) is 25.4 Å². The van der Waals surface area contributed by atoms with E-state index in [0.717, 1.165) is 32.1 Å². The van der Waals surface area contributed by atoms with Crippen LogP contribution in [0.3, 0.4) is 0 Å². The van der Waals surface area contributed by atoms with E-state index in [1.807, 2.05) is 0 Å². The normalized spacial score (nSPS) is 17.4. The average molecular weight is 292 g/mol. The number of nitrogens with zero attached hydrogens (tertiary/aromatic N) is 1. The number of carbonyl (C=O) groups is 2. The number of hydrogen-bond acceptors (Lipinski definition) is 2. The summed E-state index contributed by atoms with van der Waals surface area (Å²) < 4.78 is 0.0770. The Morgan fingerprint density at radius 3 is 2.38 bits per heavy atom. The summed E-state index contributed by atoms with van der Waals surface area (Å²) in [7, 11) is 0. The second-order valence-corrected chi connectivity index (χ2v) is 5.20. The van der Waals surface area contributed by atoms with E-state index in [1.165, 1.54) is 4.90 Å². The van der Waals surface area contributed by atoms with Crippen molar-refractivity contribution in [2.75, 3.05) is 13.1 Å². The molecular weight excluding hydrogens is 274 g/mol. The van der Waals surface area contributed by atoms with Crippen molar-refractivity contribution in [2.45, 2.75) is 38.5 Å². The zero-order valence-electron chi connectivity index (χ0n) is 9.32. The van der Waals surface area contributed by atoms with Crippen LogP contribution in [0.25, 0.3) is 0 Å². The van der Waals surface area contributed by atoms with Gasteiger partial charge in [-0.05, 0) is 41.1 Å². The lowest BCUT2D eigenvalue weighted by atomic mass is 9.91. The van der Waals surface area contributed by atoms with E-state index in [9.17, 15) is 9.59 Å². The Kier molecular flexibility index (Phi) is 5.80. The number of likely N-dealkylation sites (tertiary alicyclic amines) is 1. The van der Waals surface area contributed by atoms with Crippen LogP contribution in [0.5, 0.6) is 0 Å². The van der Waals surface area contributed by atoms with E-state index in [1.54, 1.807) is 0 Å². The van der Waals surface area contributed by atoms with Crippen molar-refractivity contribution >= 4 is 26.7 Å². The number of piperidine rings is 1. The van der Waals surface area contributed by atoms with Crippen LogP contribution >= 0.6 is 15.9 Å². The number of hydrogen-bond donors (Lipinski definition) is 1. The molecule has 1 rings (SSSR count). The zero-order valence-corrected chi connectivity index (χ0v) is 10.9. The van der Waals surface area contributed by atoms with Crippen molar-refractivity contribution in [1.29, 1.82) is 0 Å². The zero-order chi connectivity index (χ0) is 12.0. The topological polar surface area (TPSA) is 57.6 Å². The van der Waals surface area contributed by atoms with Gasteiger partial charge >= 0.3 is 6.09 Å². The number of halogens is 1. The first-order chi connectivity index (χ1) is 7.59. The summed E-state index contributed by atoms with van der Waals surface area (Å²) in [5, 5.41) is 8.78. The van der Waals surface area contributed by atoms with Crippen molar-refractivity contribution in [3.05, 3.63) is 0 Å². The summed E-state index contributed by atoms with van der Waals surface area (Å²) in [4.78, 5) is 22.8. The molecule has 1 aliphatic heterocycles. The first-order valence-corrected chi connectivity index (χ1v) is 6.55. The highest BCUT2D eigenvalue weighted by molar-refractivity contribution is 9.18. The Bertz CT molecular complexity index is 250. The number of carboxylic acid groups (broad SMARTS) is 1. The van der Waals surface area contributed by atoms with E-state index in [4.69, 9.17) is 5.11 Å². The minimum atomic E-state index is -0.802. The van der Waals surface area contributed by atoms with E-state index in [-0.39, 0.29) is 4.69 Å².